The lowest BCUT2D eigenvalue weighted by Crippen LogP contribution is -2.91. The Morgan fingerprint density at radius 2 is 1.85 bits per heavy atom. The number of benzene rings is 1. The van der Waals surface area contributed by atoms with E-state index in [0.717, 1.165) is 63.5 Å². The molecule has 1 fully saturated rings. The molecule has 1 aromatic heterocycles. The lowest BCUT2D eigenvalue weighted by molar-refractivity contribution is -0.545. The van der Waals surface area contributed by atoms with Gasteiger partial charge < -0.3 is 16.1 Å². The van der Waals surface area contributed by atoms with E-state index in [1.807, 2.05) is 0 Å². The largest absolute Gasteiger partial charge is 0.366 e. The molecule has 1 atom stereocenters. The Bertz CT molecular complexity index is 866. The Morgan fingerprint density at radius 3 is 2.50 bits per heavy atom. The monoisotopic (exact) mass is 506 g/mol. The molecule has 0 saturated carbocycles. The first-order valence-electron chi connectivity index (χ1n) is 12.3. The van der Waals surface area contributed by atoms with Crippen molar-refractivity contribution in [2.75, 3.05) is 50.7 Å². The minimum Gasteiger partial charge on any atom is -0.366 e. The molecule has 0 aliphatic carbocycles. The lowest BCUT2D eigenvalue weighted by atomic mass is 10.0. The molecule has 9 heteroatoms. The van der Waals surface area contributed by atoms with E-state index in [1.54, 1.807) is 12.4 Å². The topological polar surface area (TPSA) is 86.4 Å². The normalized spacial score (nSPS) is 16.0. The van der Waals surface area contributed by atoms with Gasteiger partial charge in [0.2, 0.25) is 5.84 Å². The van der Waals surface area contributed by atoms with Crippen molar-refractivity contribution in [1.29, 1.82) is 0 Å². The Balaban J connectivity index is 1.75. The average molecular weight is 508 g/mol. The molecule has 0 radical (unpaired) electrons. The van der Waals surface area contributed by atoms with Crippen LogP contribution in [0.2, 0.25) is 10.0 Å². The van der Waals surface area contributed by atoms with Gasteiger partial charge in [-0.2, -0.15) is 0 Å². The molecule has 34 heavy (non-hydrogen) atoms. The summed E-state index contributed by atoms with van der Waals surface area (Å²) in [6.07, 6.45) is 7.66. The van der Waals surface area contributed by atoms with E-state index in [-0.39, 0.29) is 6.04 Å². The van der Waals surface area contributed by atoms with Crippen LogP contribution in [-0.4, -0.2) is 67.6 Å². The highest BCUT2D eigenvalue weighted by molar-refractivity contribution is 6.38. The molecule has 1 aromatic carbocycles. The first kappa shape index (κ1) is 26.7. The number of amidine groups is 1. The van der Waals surface area contributed by atoms with Crippen LogP contribution in [-0.2, 0) is 6.42 Å². The highest BCUT2D eigenvalue weighted by atomic mass is 35.5. The zero-order valence-corrected chi connectivity index (χ0v) is 21.6. The number of pyridine rings is 1. The van der Waals surface area contributed by atoms with Crippen molar-refractivity contribution < 1.29 is 5.32 Å². The number of piperazine rings is 1. The van der Waals surface area contributed by atoms with Gasteiger partial charge >= 0.3 is 0 Å². The van der Waals surface area contributed by atoms with Gasteiger partial charge in [-0.15, -0.1) is 5.10 Å². The number of hydrogen-bond donors (Lipinski definition) is 3. The third-order valence-corrected chi connectivity index (χ3v) is 6.72. The van der Waals surface area contributed by atoms with Gasteiger partial charge in [0, 0.05) is 51.7 Å². The quantitative estimate of drug-likeness (QED) is 0.178. The van der Waals surface area contributed by atoms with E-state index < -0.39 is 0 Å². The van der Waals surface area contributed by atoms with Crippen LogP contribution in [0.5, 0.6) is 0 Å². The molecular formula is C25H38Cl2N7+. The molecule has 2 heterocycles. The molecule has 2 aromatic rings. The van der Waals surface area contributed by atoms with Crippen molar-refractivity contribution in [3.63, 3.8) is 0 Å². The third kappa shape index (κ3) is 7.82. The van der Waals surface area contributed by atoms with Crippen molar-refractivity contribution in [2.45, 2.75) is 38.6 Å². The minimum absolute atomic E-state index is 0.230. The number of aromatic nitrogens is 1. The summed E-state index contributed by atoms with van der Waals surface area (Å²) in [5, 5.41) is 8.31. The highest BCUT2D eigenvalue weighted by Crippen LogP contribution is 2.33. The number of unbranched alkanes of at least 4 members (excludes halogenated alkanes) is 1. The fourth-order valence-corrected chi connectivity index (χ4v) is 4.96. The summed E-state index contributed by atoms with van der Waals surface area (Å²) >= 11 is 12.9. The van der Waals surface area contributed by atoms with E-state index in [2.05, 4.69) is 62.8 Å². The molecule has 186 valence electrons. The zero-order chi connectivity index (χ0) is 24.2. The number of halogens is 2. The molecular weight excluding hydrogens is 469 g/mol. The zero-order valence-electron chi connectivity index (χ0n) is 20.1. The molecule has 1 aliphatic heterocycles. The summed E-state index contributed by atoms with van der Waals surface area (Å²) in [4.78, 5) is 8.91. The van der Waals surface area contributed by atoms with Crippen LogP contribution in [0.1, 0.15) is 31.7 Å². The fraction of sp³-hybridized carbons (Fsp3) is 0.520. The summed E-state index contributed by atoms with van der Waals surface area (Å²) in [6.45, 7) is 8.00. The van der Waals surface area contributed by atoms with Crippen LogP contribution in [0.15, 0.2) is 47.8 Å². The maximum Gasteiger partial charge on any atom is 0.233 e. The first-order valence-corrected chi connectivity index (χ1v) is 13.0. The minimum atomic E-state index is 0.230. The van der Waals surface area contributed by atoms with Gasteiger partial charge in [0.15, 0.2) is 0 Å². The van der Waals surface area contributed by atoms with E-state index >= 15 is 0 Å². The van der Waals surface area contributed by atoms with Gasteiger partial charge in [-0.1, -0.05) is 66.9 Å². The fourth-order valence-electron chi connectivity index (χ4n) is 4.35. The van der Waals surface area contributed by atoms with Gasteiger partial charge in [0.1, 0.15) is 6.04 Å². The number of nitrogens with zero attached hydrogens (tertiary/aromatic N) is 4. The Kier molecular flexibility index (Phi) is 11.4. The molecule has 0 spiro atoms. The number of nitrogens with one attached hydrogen (secondary N) is 1. The predicted octanol–water partition coefficient (Wildman–Crippen LogP) is 2.74. The molecule has 0 bridgehead atoms. The second-order valence-electron chi connectivity index (χ2n) is 8.59. The van der Waals surface area contributed by atoms with E-state index in [1.165, 1.54) is 12.0 Å². The number of nitrogens with two attached hydrogens (primary N) is 2. The molecule has 1 aliphatic rings. The lowest BCUT2D eigenvalue weighted by Gasteiger charge is -2.40. The molecule has 1 saturated heterocycles. The van der Waals surface area contributed by atoms with Crippen LogP contribution < -0.4 is 21.4 Å². The smallest absolute Gasteiger partial charge is 0.233 e. The maximum atomic E-state index is 6.43. The van der Waals surface area contributed by atoms with Crippen LogP contribution in [0.4, 0.5) is 5.69 Å². The Hall–Kier alpha value is -1.90. The summed E-state index contributed by atoms with van der Waals surface area (Å²) in [6, 6.07) is 10.9. The van der Waals surface area contributed by atoms with E-state index in [9.17, 15) is 0 Å². The van der Waals surface area contributed by atoms with Gasteiger partial charge in [-0.3, -0.25) is 15.2 Å². The second-order valence-corrected chi connectivity index (χ2v) is 9.41. The van der Waals surface area contributed by atoms with Crippen molar-refractivity contribution in [2.24, 2.45) is 10.8 Å². The van der Waals surface area contributed by atoms with E-state index in [4.69, 9.17) is 34.0 Å². The molecule has 3 rings (SSSR count). The first-order chi connectivity index (χ1) is 16.6. The SMILES string of the molecule is CCCC[NH2+]/C(=N\NCCN)C(CCc1ccccc1)N1CCN(c2c(Cl)cncc2Cl)CC1. The summed E-state index contributed by atoms with van der Waals surface area (Å²) in [5.41, 5.74) is 11.1. The summed E-state index contributed by atoms with van der Waals surface area (Å²) in [7, 11) is 0. The summed E-state index contributed by atoms with van der Waals surface area (Å²) in [5.74, 6) is 1.12. The van der Waals surface area contributed by atoms with Crippen molar-refractivity contribution in [1.82, 2.24) is 15.3 Å². The number of quaternary nitrogens is 1. The number of rotatable bonds is 12. The third-order valence-electron chi connectivity index (χ3n) is 6.17. The molecule has 7 nitrogen and oxygen atoms in total. The van der Waals surface area contributed by atoms with Gasteiger partial charge in [-0.05, 0) is 24.8 Å². The van der Waals surface area contributed by atoms with Crippen LogP contribution in [0.3, 0.4) is 0 Å². The molecule has 1 unspecified atom stereocenters. The highest BCUT2D eigenvalue weighted by Gasteiger charge is 2.31. The molecule has 0 amide bonds. The van der Waals surface area contributed by atoms with Crippen molar-refractivity contribution in [3.8, 4) is 0 Å². The van der Waals surface area contributed by atoms with Crippen molar-refractivity contribution in [3.05, 3.63) is 58.3 Å². The average Bonchev–Trinajstić information content (AvgIpc) is 2.85. The van der Waals surface area contributed by atoms with E-state index in [0.29, 0.717) is 23.1 Å². The number of aryl methyl sites for hydroxylation is 1. The van der Waals surface area contributed by atoms with Crippen LogP contribution in [0, 0.1) is 0 Å². The van der Waals surface area contributed by atoms with Crippen LogP contribution >= 0.6 is 23.2 Å². The van der Waals surface area contributed by atoms with Gasteiger partial charge in [-0.25, -0.2) is 0 Å². The Morgan fingerprint density at radius 1 is 1.15 bits per heavy atom. The number of anilines is 1. The van der Waals surface area contributed by atoms with Gasteiger partial charge in [0.25, 0.3) is 0 Å². The maximum absolute atomic E-state index is 6.43. The summed E-state index contributed by atoms with van der Waals surface area (Å²) < 4.78 is 0. The standard InChI is InChI=1S/C25H37Cl2N7/c1-2-3-12-30-25(32-31-13-11-28)23(10-9-20-7-5-4-6-8-20)33-14-16-34(17-15-33)24-21(26)18-29-19-22(24)27/h4-8,18-19,23,31H,2-3,9-17,28H2,1H3,(H,30,32)/p+1. The predicted molar refractivity (Wildman–Crippen MR) is 143 cm³/mol. The number of hydrazone groups is 1. The van der Waals surface area contributed by atoms with Crippen molar-refractivity contribution >= 4 is 34.7 Å². The molecule has 5 N–H and O–H groups in total. The van der Waals surface area contributed by atoms with Crippen LogP contribution in [0.25, 0.3) is 0 Å². The van der Waals surface area contributed by atoms with Gasteiger partial charge in [0.05, 0.1) is 22.3 Å². The number of hydrogen-bond acceptors (Lipinski definition) is 6. The Labute approximate surface area is 213 Å². The second kappa shape index (κ2) is 14.5.